The first-order chi connectivity index (χ1) is 4.79. The van der Waals surface area contributed by atoms with Gasteiger partial charge in [0, 0.05) is 17.8 Å². The van der Waals surface area contributed by atoms with E-state index in [0.717, 1.165) is 11.0 Å². The van der Waals surface area contributed by atoms with Crippen molar-refractivity contribution in [1.82, 2.24) is 9.55 Å². The second kappa shape index (κ2) is 1.73. The molecule has 4 heteroatoms. The third-order valence-electron chi connectivity index (χ3n) is 1.55. The van der Waals surface area contributed by atoms with Crippen molar-refractivity contribution in [2.75, 3.05) is 0 Å². The number of aromatic nitrogens is 2. The Hall–Kier alpha value is -1.03. The standard InChI is InChI=1S/C6H6N2OS/c1-8-5-3-10-2-4(5)7-6(8)9/h2-3H,1H3,(H,7,9). The maximum Gasteiger partial charge on any atom is 0.326 e. The highest BCUT2D eigenvalue weighted by Crippen LogP contribution is 2.13. The van der Waals surface area contributed by atoms with E-state index in [0.29, 0.717) is 0 Å². The first kappa shape index (κ1) is 5.73. The van der Waals surface area contributed by atoms with Crippen LogP contribution in [-0.2, 0) is 7.05 Å². The molecule has 0 aliphatic rings. The molecule has 0 aliphatic heterocycles. The number of imidazole rings is 1. The molecule has 52 valence electrons. The van der Waals surface area contributed by atoms with Gasteiger partial charge in [-0.15, -0.1) is 11.3 Å². The Balaban J connectivity index is 3.09. The van der Waals surface area contributed by atoms with Crippen molar-refractivity contribution in [3.05, 3.63) is 21.2 Å². The Morgan fingerprint density at radius 2 is 2.40 bits per heavy atom. The van der Waals surface area contributed by atoms with Crippen LogP contribution in [0.25, 0.3) is 11.0 Å². The van der Waals surface area contributed by atoms with E-state index >= 15 is 0 Å². The SMILES string of the molecule is Cn1c(=O)[nH]c2cscc21. The first-order valence-electron chi connectivity index (χ1n) is 2.90. The molecule has 0 bridgehead atoms. The number of thiophene rings is 1. The highest BCUT2D eigenvalue weighted by atomic mass is 32.1. The zero-order chi connectivity index (χ0) is 7.14. The molecule has 0 radical (unpaired) electrons. The van der Waals surface area contributed by atoms with Crippen molar-refractivity contribution in [3.8, 4) is 0 Å². The van der Waals surface area contributed by atoms with Crippen LogP contribution in [0.4, 0.5) is 0 Å². The van der Waals surface area contributed by atoms with Gasteiger partial charge in [0.2, 0.25) is 0 Å². The molecule has 1 N–H and O–H groups in total. The third-order valence-corrected chi connectivity index (χ3v) is 2.28. The molecule has 0 saturated heterocycles. The molecular weight excluding hydrogens is 148 g/mol. The summed E-state index contributed by atoms with van der Waals surface area (Å²) in [6, 6.07) is 0. The van der Waals surface area contributed by atoms with Gasteiger partial charge in [0.05, 0.1) is 11.0 Å². The van der Waals surface area contributed by atoms with Crippen LogP contribution in [0.3, 0.4) is 0 Å². The molecule has 0 atom stereocenters. The third kappa shape index (κ3) is 0.565. The van der Waals surface area contributed by atoms with Gasteiger partial charge in [-0.25, -0.2) is 4.79 Å². The Morgan fingerprint density at radius 3 is 3.10 bits per heavy atom. The predicted octanol–water partition coefficient (Wildman–Crippen LogP) is 0.928. The summed E-state index contributed by atoms with van der Waals surface area (Å²) in [4.78, 5) is 13.6. The molecule has 10 heavy (non-hydrogen) atoms. The van der Waals surface area contributed by atoms with Crippen molar-refractivity contribution in [1.29, 1.82) is 0 Å². The lowest BCUT2D eigenvalue weighted by molar-refractivity contribution is 0.892. The predicted molar refractivity (Wildman–Crippen MR) is 41.4 cm³/mol. The van der Waals surface area contributed by atoms with Crippen molar-refractivity contribution >= 4 is 22.4 Å². The Morgan fingerprint density at radius 1 is 1.60 bits per heavy atom. The van der Waals surface area contributed by atoms with E-state index in [1.54, 1.807) is 23.0 Å². The summed E-state index contributed by atoms with van der Waals surface area (Å²) in [5.41, 5.74) is 1.87. The van der Waals surface area contributed by atoms with Gasteiger partial charge in [-0.05, 0) is 0 Å². The molecule has 0 aliphatic carbocycles. The molecule has 0 amide bonds. The lowest BCUT2D eigenvalue weighted by Gasteiger charge is -1.83. The maximum atomic E-state index is 10.9. The fourth-order valence-electron chi connectivity index (χ4n) is 0.952. The zero-order valence-electron chi connectivity index (χ0n) is 5.42. The van der Waals surface area contributed by atoms with E-state index in [1.807, 2.05) is 10.8 Å². The van der Waals surface area contributed by atoms with Crippen LogP contribution in [0.2, 0.25) is 0 Å². The van der Waals surface area contributed by atoms with Crippen LogP contribution in [0.5, 0.6) is 0 Å². The number of aromatic amines is 1. The summed E-state index contributed by atoms with van der Waals surface area (Å²) in [6.45, 7) is 0. The number of nitrogens with one attached hydrogen (secondary N) is 1. The largest absolute Gasteiger partial charge is 0.326 e. The molecule has 0 aromatic carbocycles. The lowest BCUT2D eigenvalue weighted by atomic mass is 10.5. The van der Waals surface area contributed by atoms with E-state index in [-0.39, 0.29) is 5.69 Å². The van der Waals surface area contributed by atoms with E-state index in [4.69, 9.17) is 0 Å². The minimum atomic E-state index is -0.0437. The van der Waals surface area contributed by atoms with Crippen molar-refractivity contribution in [3.63, 3.8) is 0 Å². The molecule has 0 unspecified atom stereocenters. The summed E-state index contributed by atoms with van der Waals surface area (Å²) in [5, 5.41) is 3.88. The van der Waals surface area contributed by atoms with Gasteiger partial charge in [-0.3, -0.25) is 4.57 Å². The van der Waals surface area contributed by atoms with Gasteiger partial charge < -0.3 is 4.98 Å². The van der Waals surface area contributed by atoms with Gasteiger partial charge in [0.25, 0.3) is 0 Å². The molecule has 0 saturated carbocycles. The molecule has 2 aromatic heterocycles. The van der Waals surface area contributed by atoms with Crippen LogP contribution < -0.4 is 5.69 Å². The maximum absolute atomic E-state index is 10.9. The minimum Gasteiger partial charge on any atom is -0.305 e. The number of H-pyrrole nitrogens is 1. The topological polar surface area (TPSA) is 37.8 Å². The molecule has 0 spiro atoms. The lowest BCUT2D eigenvalue weighted by Crippen LogP contribution is -2.11. The van der Waals surface area contributed by atoms with E-state index in [9.17, 15) is 4.79 Å². The summed E-state index contributed by atoms with van der Waals surface area (Å²) in [5.74, 6) is 0. The van der Waals surface area contributed by atoms with E-state index < -0.39 is 0 Å². The zero-order valence-corrected chi connectivity index (χ0v) is 6.23. The summed E-state index contributed by atoms with van der Waals surface area (Å²) in [6.07, 6.45) is 0. The first-order valence-corrected chi connectivity index (χ1v) is 3.84. The Kier molecular flexibility index (Phi) is 0.990. The summed E-state index contributed by atoms with van der Waals surface area (Å²) in [7, 11) is 1.76. The second-order valence-electron chi connectivity index (χ2n) is 2.16. The number of hydrogen-bond acceptors (Lipinski definition) is 2. The highest BCUT2D eigenvalue weighted by Gasteiger charge is 2.00. The second-order valence-corrected chi connectivity index (χ2v) is 2.90. The van der Waals surface area contributed by atoms with Gasteiger partial charge in [-0.1, -0.05) is 0 Å². The van der Waals surface area contributed by atoms with E-state index in [2.05, 4.69) is 4.98 Å². The quantitative estimate of drug-likeness (QED) is 0.602. The average Bonchev–Trinajstić information content (AvgIpc) is 2.41. The van der Waals surface area contributed by atoms with Gasteiger partial charge in [-0.2, -0.15) is 0 Å². The van der Waals surface area contributed by atoms with Crippen LogP contribution in [-0.4, -0.2) is 9.55 Å². The van der Waals surface area contributed by atoms with Crippen molar-refractivity contribution in [2.45, 2.75) is 0 Å². The van der Waals surface area contributed by atoms with E-state index in [1.165, 1.54) is 0 Å². The molecule has 2 aromatic rings. The highest BCUT2D eigenvalue weighted by molar-refractivity contribution is 7.09. The van der Waals surface area contributed by atoms with Crippen molar-refractivity contribution in [2.24, 2.45) is 7.05 Å². The fourth-order valence-corrected chi connectivity index (χ4v) is 1.75. The Labute approximate surface area is 60.9 Å². The molecular formula is C6H6N2OS. The summed E-state index contributed by atoms with van der Waals surface area (Å²) >= 11 is 1.59. The summed E-state index contributed by atoms with van der Waals surface area (Å²) < 4.78 is 1.60. The van der Waals surface area contributed by atoms with Gasteiger partial charge in [0.1, 0.15) is 0 Å². The van der Waals surface area contributed by atoms with Crippen LogP contribution >= 0.6 is 11.3 Å². The monoisotopic (exact) mass is 154 g/mol. The molecule has 0 fully saturated rings. The van der Waals surface area contributed by atoms with Crippen molar-refractivity contribution < 1.29 is 0 Å². The molecule has 2 rings (SSSR count). The van der Waals surface area contributed by atoms with Crippen LogP contribution in [0, 0.1) is 0 Å². The molecule has 3 nitrogen and oxygen atoms in total. The fraction of sp³-hybridized carbons (Fsp3) is 0.167. The average molecular weight is 154 g/mol. The Bertz CT molecular complexity index is 408. The number of rotatable bonds is 0. The number of aryl methyl sites for hydroxylation is 1. The van der Waals surface area contributed by atoms with Crippen LogP contribution in [0.1, 0.15) is 0 Å². The van der Waals surface area contributed by atoms with Crippen LogP contribution in [0.15, 0.2) is 15.6 Å². The molecule has 2 heterocycles. The minimum absolute atomic E-state index is 0.0437. The number of nitrogens with zero attached hydrogens (tertiary/aromatic N) is 1. The number of hydrogen-bond donors (Lipinski definition) is 1. The van der Waals surface area contributed by atoms with Gasteiger partial charge in [0.15, 0.2) is 0 Å². The smallest absolute Gasteiger partial charge is 0.305 e. The van der Waals surface area contributed by atoms with Gasteiger partial charge >= 0.3 is 5.69 Å². The normalized spacial score (nSPS) is 10.9. The number of fused-ring (bicyclic) bond motifs is 1.